The highest BCUT2D eigenvalue weighted by atomic mass is 19.1. The maximum atomic E-state index is 13.4. The zero-order valence-electron chi connectivity index (χ0n) is 11.6. The van der Waals surface area contributed by atoms with Crippen LogP contribution in [-0.2, 0) is 4.79 Å². The number of hydrogen-bond acceptors (Lipinski definition) is 3. The number of nitrogens with two attached hydrogens (primary N) is 1. The Morgan fingerprint density at radius 2 is 2.05 bits per heavy atom. The van der Waals surface area contributed by atoms with Gasteiger partial charge in [-0.05, 0) is 25.0 Å². The maximum absolute atomic E-state index is 13.4. The molecule has 1 fully saturated rings. The van der Waals surface area contributed by atoms with E-state index in [0.29, 0.717) is 19.2 Å². The number of nitrogens with zero attached hydrogens (tertiary/aromatic N) is 1. The Morgan fingerprint density at radius 3 is 2.70 bits per heavy atom. The summed E-state index contributed by atoms with van der Waals surface area (Å²) in [4.78, 5) is 13.2. The Balaban J connectivity index is 1.85. The summed E-state index contributed by atoms with van der Waals surface area (Å²) >= 11 is 0. The Labute approximate surface area is 118 Å². The maximum Gasteiger partial charge on any atom is 0.231 e. The number of carbonyl (C=O) groups excluding carboxylic acids is 1. The van der Waals surface area contributed by atoms with Crippen molar-refractivity contribution in [1.82, 2.24) is 4.90 Å². The minimum absolute atomic E-state index is 0.241. The van der Waals surface area contributed by atoms with E-state index in [9.17, 15) is 9.18 Å². The van der Waals surface area contributed by atoms with E-state index in [1.165, 1.54) is 18.9 Å². The van der Waals surface area contributed by atoms with Crippen LogP contribution in [0.2, 0.25) is 0 Å². The molecule has 0 radical (unpaired) electrons. The lowest BCUT2D eigenvalue weighted by Crippen LogP contribution is -2.42. The summed E-state index contributed by atoms with van der Waals surface area (Å²) in [6.45, 7) is 1.18. The van der Waals surface area contributed by atoms with Crippen LogP contribution in [0.15, 0.2) is 24.3 Å². The molecule has 0 aliphatic heterocycles. The van der Waals surface area contributed by atoms with Crippen LogP contribution in [0.5, 0.6) is 5.75 Å². The Morgan fingerprint density at radius 1 is 1.35 bits per heavy atom. The van der Waals surface area contributed by atoms with Gasteiger partial charge in [-0.25, -0.2) is 4.39 Å². The van der Waals surface area contributed by atoms with Gasteiger partial charge in [0.2, 0.25) is 5.91 Å². The van der Waals surface area contributed by atoms with Gasteiger partial charge < -0.3 is 10.5 Å². The van der Waals surface area contributed by atoms with Crippen molar-refractivity contribution < 1.29 is 13.9 Å². The smallest absolute Gasteiger partial charge is 0.231 e. The fourth-order valence-corrected chi connectivity index (χ4v) is 2.69. The highest BCUT2D eigenvalue weighted by molar-refractivity contribution is 5.75. The van der Waals surface area contributed by atoms with Gasteiger partial charge in [-0.2, -0.15) is 0 Å². The minimum Gasteiger partial charge on any atom is -0.489 e. The number of benzene rings is 1. The van der Waals surface area contributed by atoms with Crippen LogP contribution in [0.3, 0.4) is 0 Å². The number of primary amides is 1. The molecule has 1 aromatic rings. The van der Waals surface area contributed by atoms with Crippen LogP contribution in [0.1, 0.15) is 25.7 Å². The second kappa shape index (κ2) is 7.24. The van der Waals surface area contributed by atoms with Gasteiger partial charge in [0.05, 0.1) is 6.54 Å². The molecule has 4 nitrogen and oxygen atoms in total. The molecule has 20 heavy (non-hydrogen) atoms. The minimum atomic E-state index is -0.366. The molecular formula is C15H21FN2O2. The van der Waals surface area contributed by atoms with Crippen molar-refractivity contribution in [3.05, 3.63) is 30.1 Å². The van der Waals surface area contributed by atoms with Crippen LogP contribution >= 0.6 is 0 Å². The number of rotatable bonds is 7. The second-order valence-electron chi connectivity index (χ2n) is 5.15. The molecule has 0 heterocycles. The fourth-order valence-electron chi connectivity index (χ4n) is 2.69. The molecule has 1 aliphatic carbocycles. The van der Waals surface area contributed by atoms with Crippen LogP contribution < -0.4 is 10.5 Å². The van der Waals surface area contributed by atoms with E-state index in [2.05, 4.69) is 4.90 Å². The third-order valence-corrected chi connectivity index (χ3v) is 3.67. The van der Waals surface area contributed by atoms with Gasteiger partial charge >= 0.3 is 0 Å². The van der Waals surface area contributed by atoms with Crippen molar-refractivity contribution in [3.8, 4) is 5.75 Å². The molecule has 1 amide bonds. The molecule has 5 heteroatoms. The SMILES string of the molecule is NC(=O)CN(CCOc1ccccc1F)C1CCCC1. The molecule has 1 aromatic carbocycles. The molecule has 0 unspecified atom stereocenters. The Bertz CT molecular complexity index is 447. The molecule has 0 saturated heterocycles. The van der Waals surface area contributed by atoms with Crippen molar-refractivity contribution in [2.45, 2.75) is 31.7 Å². The molecule has 110 valence electrons. The van der Waals surface area contributed by atoms with Gasteiger partial charge in [-0.15, -0.1) is 0 Å². The van der Waals surface area contributed by atoms with Gasteiger partial charge in [-0.1, -0.05) is 25.0 Å². The normalized spacial score (nSPS) is 15.7. The highest BCUT2D eigenvalue weighted by Gasteiger charge is 2.23. The van der Waals surface area contributed by atoms with Crippen LogP contribution in [0, 0.1) is 5.82 Å². The number of halogens is 1. The molecular weight excluding hydrogens is 259 g/mol. The molecule has 2 rings (SSSR count). The first-order valence-electron chi connectivity index (χ1n) is 7.06. The number of ether oxygens (including phenoxy) is 1. The number of amides is 1. The molecule has 1 saturated carbocycles. The third-order valence-electron chi connectivity index (χ3n) is 3.67. The van der Waals surface area contributed by atoms with Crippen molar-refractivity contribution in [3.63, 3.8) is 0 Å². The third kappa shape index (κ3) is 4.20. The molecule has 0 spiro atoms. The summed E-state index contributed by atoms with van der Waals surface area (Å²) in [5.41, 5.74) is 5.29. The standard InChI is InChI=1S/C15H21FN2O2/c16-13-7-3-4-8-14(13)20-10-9-18(11-15(17)19)12-5-1-2-6-12/h3-4,7-8,12H,1-2,5-6,9-11H2,(H2,17,19). The summed E-state index contributed by atoms with van der Waals surface area (Å²) in [6.07, 6.45) is 4.56. The average Bonchev–Trinajstić information content (AvgIpc) is 2.93. The van der Waals surface area contributed by atoms with E-state index in [-0.39, 0.29) is 24.0 Å². The molecule has 0 bridgehead atoms. The first-order chi connectivity index (χ1) is 9.66. The van der Waals surface area contributed by atoms with Crippen molar-refractivity contribution in [2.75, 3.05) is 19.7 Å². The summed E-state index contributed by atoms with van der Waals surface area (Å²) in [6, 6.07) is 6.72. The predicted octanol–water partition coefficient (Wildman–Crippen LogP) is 1.93. The first-order valence-corrected chi connectivity index (χ1v) is 7.06. The van der Waals surface area contributed by atoms with E-state index in [0.717, 1.165) is 12.8 Å². The van der Waals surface area contributed by atoms with E-state index in [4.69, 9.17) is 10.5 Å². The second-order valence-corrected chi connectivity index (χ2v) is 5.15. The molecule has 1 aliphatic rings. The van der Waals surface area contributed by atoms with Gasteiger partial charge in [0.15, 0.2) is 11.6 Å². The van der Waals surface area contributed by atoms with Gasteiger partial charge in [0.25, 0.3) is 0 Å². The van der Waals surface area contributed by atoms with E-state index in [1.54, 1.807) is 18.2 Å². The lowest BCUT2D eigenvalue weighted by molar-refractivity contribution is -0.119. The van der Waals surface area contributed by atoms with Crippen LogP contribution in [-0.4, -0.2) is 36.5 Å². The zero-order valence-corrected chi connectivity index (χ0v) is 11.6. The largest absolute Gasteiger partial charge is 0.489 e. The lowest BCUT2D eigenvalue weighted by atomic mass is 10.2. The summed E-state index contributed by atoms with van der Waals surface area (Å²) in [7, 11) is 0. The summed E-state index contributed by atoms with van der Waals surface area (Å²) in [5, 5.41) is 0. The van der Waals surface area contributed by atoms with Gasteiger partial charge in [-0.3, -0.25) is 9.69 Å². The quantitative estimate of drug-likeness (QED) is 0.830. The number of hydrogen-bond donors (Lipinski definition) is 1. The molecule has 0 atom stereocenters. The van der Waals surface area contributed by atoms with E-state index < -0.39 is 0 Å². The van der Waals surface area contributed by atoms with E-state index >= 15 is 0 Å². The van der Waals surface area contributed by atoms with Crippen molar-refractivity contribution in [1.29, 1.82) is 0 Å². The predicted molar refractivity (Wildman–Crippen MR) is 74.9 cm³/mol. The zero-order chi connectivity index (χ0) is 14.4. The summed E-state index contributed by atoms with van der Waals surface area (Å²) < 4.78 is 18.9. The fraction of sp³-hybridized carbons (Fsp3) is 0.533. The van der Waals surface area contributed by atoms with Crippen LogP contribution in [0.4, 0.5) is 4.39 Å². The Hall–Kier alpha value is -1.62. The number of para-hydroxylation sites is 1. The topological polar surface area (TPSA) is 55.6 Å². The molecule has 2 N–H and O–H groups in total. The van der Waals surface area contributed by atoms with Crippen LogP contribution in [0.25, 0.3) is 0 Å². The highest BCUT2D eigenvalue weighted by Crippen LogP contribution is 2.23. The van der Waals surface area contributed by atoms with E-state index in [1.807, 2.05) is 0 Å². The monoisotopic (exact) mass is 280 g/mol. The van der Waals surface area contributed by atoms with Gasteiger partial charge in [0.1, 0.15) is 6.61 Å². The van der Waals surface area contributed by atoms with Crippen molar-refractivity contribution >= 4 is 5.91 Å². The average molecular weight is 280 g/mol. The lowest BCUT2D eigenvalue weighted by Gasteiger charge is -2.27. The Kier molecular flexibility index (Phi) is 5.35. The number of carbonyl (C=O) groups is 1. The first kappa shape index (κ1) is 14.8. The van der Waals surface area contributed by atoms with Gasteiger partial charge in [0, 0.05) is 12.6 Å². The summed E-state index contributed by atoms with van der Waals surface area (Å²) in [5.74, 6) is -0.449. The molecule has 0 aromatic heterocycles. The van der Waals surface area contributed by atoms with Crippen molar-refractivity contribution in [2.24, 2.45) is 5.73 Å².